The van der Waals surface area contributed by atoms with Crippen molar-refractivity contribution in [3.63, 3.8) is 0 Å². The van der Waals surface area contributed by atoms with Crippen molar-refractivity contribution in [1.29, 1.82) is 0 Å². The van der Waals surface area contributed by atoms with E-state index < -0.39 is 0 Å². The lowest BCUT2D eigenvalue weighted by atomic mass is 10.2. The Morgan fingerprint density at radius 3 is 2.95 bits per heavy atom. The molecule has 4 nitrogen and oxygen atoms in total. The molecule has 0 aliphatic heterocycles. The summed E-state index contributed by atoms with van der Waals surface area (Å²) < 4.78 is 4.95. The minimum atomic E-state index is -0.0265. The first-order chi connectivity index (χ1) is 9.13. The number of hydrogen-bond donors (Lipinski definition) is 2. The van der Waals surface area contributed by atoms with Gasteiger partial charge in [0.2, 0.25) is 5.91 Å². The Morgan fingerprint density at radius 1 is 1.47 bits per heavy atom. The lowest BCUT2D eigenvalue weighted by molar-refractivity contribution is -0.116. The first kappa shape index (κ1) is 16.1. The van der Waals surface area contributed by atoms with Gasteiger partial charge < -0.3 is 15.8 Å². The van der Waals surface area contributed by atoms with Crippen LogP contribution in [0.4, 0.5) is 11.4 Å². The molecule has 0 radical (unpaired) electrons. The van der Waals surface area contributed by atoms with E-state index >= 15 is 0 Å². The molecule has 0 spiro atoms. The average Bonchev–Trinajstić information content (AvgIpc) is 2.37. The number of halogens is 1. The number of nitrogens with one attached hydrogen (secondary N) is 1. The van der Waals surface area contributed by atoms with Crippen LogP contribution < -0.4 is 11.1 Å². The maximum Gasteiger partial charge on any atom is 0.224 e. The molecule has 0 unspecified atom stereocenters. The highest BCUT2D eigenvalue weighted by Gasteiger charge is 2.05. The standard InChI is InChI=1S/C13H19ClN2O2S/c1-18-6-8-19-7-2-3-13(17)16-12-5-4-10(14)9-11(12)15/h4-5,9H,2-3,6-8,15H2,1H3,(H,16,17). The van der Waals surface area contributed by atoms with Crippen molar-refractivity contribution < 1.29 is 9.53 Å². The molecular formula is C13H19ClN2O2S. The maximum atomic E-state index is 11.7. The molecule has 0 bridgehead atoms. The van der Waals surface area contributed by atoms with E-state index in [0.717, 1.165) is 24.5 Å². The highest BCUT2D eigenvalue weighted by Crippen LogP contribution is 2.22. The molecule has 0 aliphatic carbocycles. The second-order valence-corrected chi connectivity index (χ2v) is 5.65. The number of nitrogens with two attached hydrogens (primary N) is 1. The predicted molar refractivity (Wildman–Crippen MR) is 82.9 cm³/mol. The SMILES string of the molecule is COCCSCCCC(=O)Nc1ccc(Cl)cc1N. The van der Waals surface area contributed by atoms with Crippen LogP contribution in [0, 0.1) is 0 Å². The Bertz CT molecular complexity index is 416. The van der Waals surface area contributed by atoms with Gasteiger partial charge in [-0.25, -0.2) is 0 Å². The number of carbonyl (C=O) groups excluding carboxylic acids is 1. The monoisotopic (exact) mass is 302 g/mol. The fourth-order valence-electron chi connectivity index (χ4n) is 1.44. The van der Waals surface area contributed by atoms with E-state index in [1.165, 1.54) is 0 Å². The van der Waals surface area contributed by atoms with Crippen LogP contribution in [-0.2, 0) is 9.53 Å². The Hall–Kier alpha value is -0.910. The van der Waals surface area contributed by atoms with Gasteiger partial charge in [-0.05, 0) is 30.4 Å². The Balaban J connectivity index is 2.23. The van der Waals surface area contributed by atoms with E-state index in [0.29, 0.717) is 22.8 Å². The van der Waals surface area contributed by atoms with Gasteiger partial charge in [-0.3, -0.25) is 4.79 Å². The van der Waals surface area contributed by atoms with Gasteiger partial charge in [0.1, 0.15) is 0 Å². The molecule has 19 heavy (non-hydrogen) atoms. The van der Waals surface area contributed by atoms with Crippen molar-refractivity contribution in [1.82, 2.24) is 0 Å². The highest BCUT2D eigenvalue weighted by atomic mass is 35.5. The van der Waals surface area contributed by atoms with E-state index in [-0.39, 0.29) is 5.91 Å². The molecule has 1 amide bonds. The Labute approximate surface area is 123 Å². The molecule has 0 atom stereocenters. The second-order valence-electron chi connectivity index (χ2n) is 3.99. The molecule has 1 rings (SSSR count). The maximum absolute atomic E-state index is 11.7. The van der Waals surface area contributed by atoms with Crippen molar-refractivity contribution >= 4 is 40.6 Å². The van der Waals surface area contributed by atoms with Gasteiger partial charge in [-0.15, -0.1) is 0 Å². The van der Waals surface area contributed by atoms with Crippen molar-refractivity contribution in [3.05, 3.63) is 23.2 Å². The van der Waals surface area contributed by atoms with E-state index in [1.807, 2.05) is 0 Å². The molecule has 3 N–H and O–H groups in total. The number of nitrogen functional groups attached to an aromatic ring is 1. The summed E-state index contributed by atoms with van der Waals surface area (Å²) in [5.74, 6) is 1.89. The summed E-state index contributed by atoms with van der Waals surface area (Å²) in [6.07, 6.45) is 1.33. The fourth-order valence-corrected chi connectivity index (χ4v) is 2.46. The molecule has 0 aliphatic rings. The quantitative estimate of drug-likeness (QED) is 0.572. The van der Waals surface area contributed by atoms with E-state index in [2.05, 4.69) is 5.32 Å². The third kappa shape index (κ3) is 6.71. The third-order valence-corrected chi connectivity index (χ3v) is 3.68. The molecule has 0 aromatic heterocycles. The van der Waals surface area contributed by atoms with Crippen molar-refractivity contribution in [2.24, 2.45) is 0 Å². The predicted octanol–water partition coefficient (Wildman–Crippen LogP) is 3.02. The van der Waals surface area contributed by atoms with Crippen LogP contribution >= 0.6 is 23.4 Å². The van der Waals surface area contributed by atoms with Gasteiger partial charge in [-0.2, -0.15) is 11.8 Å². The van der Waals surface area contributed by atoms with Crippen LogP contribution in [0.1, 0.15) is 12.8 Å². The summed E-state index contributed by atoms with van der Waals surface area (Å²) in [5, 5.41) is 3.34. The van der Waals surface area contributed by atoms with E-state index in [4.69, 9.17) is 22.1 Å². The first-order valence-electron chi connectivity index (χ1n) is 6.05. The number of thioether (sulfide) groups is 1. The summed E-state index contributed by atoms with van der Waals surface area (Å²) in [6.45, 7) is 0.748. The zero-order valence-corrected chi connectivity index (χ0v) is 12.5. The number of hydrogen-bond acceptors (Lipinski definition) is 4. The molecule has 0 fully saturated rings. The molecule has 0 saturated carbocycles. The fraction of sp³-hybridized carbons (Fsp3) is 0.462. The second kappa shape index (κ2) is 9.07. The van der Waals surface area contributed by atoms with Gasteiger partial charge in [0.25, 0.3) is 0 Å². The number of anilines is 2. The minimum Gasteiger partial charge on any atom is -0.397 e. The smallest absolute Gasteiger partial charge is 0.224 e. The molecule has 6 heteroatoms. The molecule has 1 aromatic rings. The van der Waals surface area contributed by atoms with Crippen LogP contribution in [0.3, 0.4) is 0 Å². The molecule has 0 heterocycles. The van der Waals surface area contributed by atoms with Gasteiger partial charge in [0.15, 0.2) is 0 Å². The molecule has 106 valence electrons. The average molecular weight is 303 g/mol. The summed E-state index contributed by atoms with van der Waals surface area (Å²) >= 11 is 7.58. The molecular weight excluding hydrogens is 284 g/mol. The lowest BCUT2D eigenvalue weighted by Gasteiger charge is -2.08. The van der Waals surface area contributed by atoms with Crippen LogP contribution in [0.15, 0.2) is 18.2 Å². The largest absolute Gasteiger partial charge is 0.397 e. The number of benzene rings is 1. The minimum absolute atomic E-state index is 0.0265. The summed E-state index contributed by atoms with van der Waals surface area (Å²) in [7, 11) is 1.69. The van der Waals surface area contributed by atoms with Crippen molar-refractivity contribution in [2.45, 2.75) is 12.8 Å². The number of methoxy groups -OCH3 is 1. The Kier molecular flexibility index (Phi) is 7.70. The highest BCUT2D eigenvalue weighted by molar-refractivity contribution is 7.99. The van der Waals surface area contributed by atoms with Crippen LogP contribution in [0.2, 0.25) is 5.02 Å². The molecule has 0 saturated heterocycles. The van der Waals surface area contributed by atoms with E-state index in [1.54, 1.807) is 37.1 Å². The van der Waals surface area contributed by atoms with Crippen LogP contribution in [-0.4, -0.2) is 31.1 Å². The number of ether oxygens (including phenoxy) is 1. The zero-order chi connectivity index (χ0) is 14.1. The summed E-state index contributed by atoms with van der Waals surface area (Å²) in [6, 6.07) is 5.04. The molecule has 1 aromatic carbocycles. The normalized spacial score (nSPS) is 10.4. The van der Waals surface area contributed by atoms with Gasteiger partial charge in [0, 0.05) is 24.3 Å². The van der Waals surface area contributed by atoms with Crippen molar-refractivity contribution in [3.8, 4) is 0 Å². The first-order valence-corrected chi connectivity index (χ1v) is 7.58. The number of amides is 1. The van der Waals surface area contributed by atoms with Gasteiger partial charge in [-0.1, -0.05) is 11.6 Å². The van der Waals surface area contributed by atoms with E-state index in [9.17, 15) is 4.79 Å². The van der Waals surface area contributed by atoms with Gasteiger partial charge >= 0.3 is 0 Å². The zero-order valence-electron chi connectivity index (χ0n) is 10.9. The van der Waals surface area contributed by atoms with Crippen LogP contribution in [0.5, 0.6) is 0 Å². The lowest BCUT2D eigenvalue weighted by Crippen LogP contribution is -2.12. The summed E-state index contributed by atoms with van der Waals surface area (Å²) in [4.78, 5) is 11.7. The topological polar surface area (TPSA) is 64.3 Å². The Morgan fingerprint density at radius 2 is 2.26 bits per heavy atom. The van der Waals surface area contributed by atoms with Crippen LogP contribution in [0.25, 0.3) is 0 Å². The number of rotatable bonds is 8. The summed E-state index contributed by atoms with van der Waals surface area (Å²) in [5.41, 5.74) is 6.86. The van der Waals surface area contributed by atoms with Gasteiger partial charge in [0.05, 0.1) is 18.0 Å². The number of carbonyl (C=O) groups is 1. The van der Waals surface area contributed by atoms with Crippen molar-refractivity contribution in [2.75, 3.05) is 36.3 Å². The third-order valence-electron chi connectivity index (χ3n) is 2.41.